The Labute approximate surface area is 133 Å². The SMILES string of the molecule is CC(c1ccc(O)cc1)C(O)C1=C(NP(=O)(O)O)CC=CC1=O. The summed E-state index contributed by atoms with van der Waals surface area (Å²) in [7, 11) is -4.58. The average molecular weight is 339 g/mol. The largest absolute Gasteiger partial charge is 0.508 e. The van der Waals surface area contributed by atoms with E-state index in [0.29, 0.717) is 5.56 Å². The van der Waals surface area contributed by atoms with E-state index >= 15 is 0 Å². The van der Waals surface area contributed by atoms with Crippen molar-refractivity contribution in [1.82, 2.24) is 5.09 Å². The van der Waals surface area contributed by atoms with Crippen LogP contribution in [0.5, 0.6) is 5.75 Å². The zero-order valence-corrected chi connectivity index (χ0v) is 13.3. The summed E-state index contributed by atoms with van der Waals surface area (Å²) in [4.78, 5) is 30.2. The summed E-state index contributed by atoms with van der Waals surface area (Å²) in [6.07, 6.45) is 1.62. The van der Waals surface area contributed by atoms with Gasteiger partial charge in [-0.1, -0.05) is 25.1 Å². The van der Waals surface area contributed by atoms with Crippen molar-refractivity contribution >= 4 is 13.5 Å². The number of allylic oxidation sites excluding steroid dienone is 2. The molecule has 0 fully saturated rings. The van der Waals surface area contributed by atoms with Crippen LogP contribution in [0.2, 0.25) is 0 Å². The minimum absolute atomic E-state index is 0.0176. The molecular formula is C15H18NO6P. The third-order valence-electron chi connectivity index (χ3n) is 3.65. The quantitative estimate of drug-likeness (QED) is 0.512. The Morgan fingerprint density at radius 2 is 1.83 bits per heavy atom. The normalized spacial score (nSPS) is 18.0. The Bertz CT molecular complexity index is 703. The summed E-state index contributed by atoms with van der Waals surface area (Å²) >= 11 is 0. The average Bonchev–Trinajstić information content (AvgIpc) is 2.45. The third kappa shape index (κ3) is 4.30. The minimum Gasteiger partial charge on any atom is -0.508 e. The fourth-order valence-corrected chi connectivity index (χ4v) is 3.01. The fraction of sp³-hybridized carbons (Fsp3) is 0.267. The number of aliphatic hydroxyl groups is 1. The van der Waals surface area contributed by atoms with E-state index in [1.54, 1.807) is 19.1 Å². The second-order valence-electron chi connectivity index (χ2n) is 5.34. The van der Waals surface area contributed by atoms with Gasteiger partial charge in [-0.2, -0.15) is 0 Å². The molecule has 5 N–H and O–H groups in total. The molecule has 1 aliphatic carbocycles. The summed E-state index contributed by atoms with van der Waals surface area (Å²) in [5, 5.41) is 21.8. The molecule has 0 bridgehead atoms. The van der Waals surface area contributed by atoms with E-state index in [4.69, 9.17) is 9.79 Å². The van der Waals surface area contributed by atoms with Gasteiger partial charge in [0, 0.05) is 23.6 Å². The van der Waals surface area contributed by atoms with Gasteiger partial charge in [-0.3, -0.25) is 9.88 Å². The first kappa shape index (κ1) is 17.4. The van der Waals surface area contributed by atoms with Gasteiger partial charge in [0.1, 0.15) is 5.75 Å². The van der Waals surface area contributed by atoms with Crippen molar-refractivity contribution in [3.63, 3.8) is 0 Å². The van der Waals surface area contributed by atoms with Crippen molar-refractivity contribution in [3.8, 4) is 5.75 Å². The molecule has 0 saturated carbocycles. The number of aromatic hydroxyl groups is 1. The maximum Gasteiger partial charge on any atom is 0.427 e. The highest BCUT2D eigenvalue weighted by Gasteiger charge is 2.30. The van der Waals surface area contributed by atoms with Gasteiger partial charge in [-0.25, -0.2) is 4.57 Å². The van der Waals surface area contributed by atoms with Crippen LogP contribution in [0.3, 0.4) is 0 Å². The maximum absolute atomic E-state index is 12.1. The van der Waals surface area contributed by atoms with Gasteiger partial charge in [0.2, 0.25) is 0 Å². The lowest BCUT2D eigenvalue weighted by Crippen LogP contribution is -2.29. The number of rotatable bonds is 5. The Morgan fingerprint density at radius 1 is 1.22 bits per heavy atom. The van der Waals surface area contributed by atoms with Crippen LogP contribution < -0.4 is 5.09 Å². The first-order valence-corrected chi connectivity index (χ1v) is 8.55. The smallest absolute Gasteiger partial charge is 0.427 e. The van der Waals surface area contributed by atoms with E-state index in [9.17, 15) is 19.6 Å². The number of phenols is 1. The van der Waals surface area contributed by atoms with Gasteiger partial charge in [0.05, 0.1) is 6.10 Å². The number of ketones is 1. The van der Waals surface area contributed by atoms with Crippen LogP contribution in [0.25, 0.3) is 0 Å². The molecule has 0 aromatic heterocycles. The van der Waals surface area contributed by atoms with E-state index < -0.39 is 25.6 Å². The van der Waals surface area contributed by atoms with Crippen molar-refractivity contribution in [2.45, 2.75) is 25.4 Å². The van der Waals surface area contributed by atoms with E-state index in [0.717, 1.165) is 0 Å². The Hall–Kier alpha value is -1.92. The molecule has 1 aromatic rings. The molecule has 2 rings (SSSR count). The molecule has 0 amide bonds. The predicted molar refractivity (Wildman–Crippen MR) is 83.5 cm³/mol. The second kappa shape index (κ2) is 6.68. The number of carbonyl (C=O) groups is 1. The van der Waals surface area contributed by atoms with Crippen LogP contribution >= 0.6 is 7.75 Å². The van der Waals surface area contributed by atoms with Crippen molar-refractivity contribution in [2.24, 2.45) is 0 Å². The van der Waals surface area contributed by atoms with Gasteiger partial charge < -0.3 is 20.0 Å². The van der Waals surface area contributed by atoms with Crippen LogP contribution in [0.1, 0.15) is 24.8 Å². The van der Waals surface area contributed by atoms with Crippen LogP contribution in [0, 0.1) is 0 Å². The summed E-state index contributed by atoms with van der Waals surface area (Å²) in [5.41, 5.74) is 0.640. The number of benzene rings is 1. The highest BCUT2D eigenvalue weighted by molar-refractivity contribution is 7.49. The monoisotopic (exact) mass is 339 g/mol. The molecule has 2 atom stereocenters. The van der Waals surface area contributed by atoms with Crippen molar-refractivity contribution < 1.29 is 29.4 Å². The van der Waals surface area contributed by atoms with Crippen molar-refractivity contribution in [3.05, 3.63) is 53.3 Å². The molecule has 1 aliphatic rings. The molecule has 0 aliphatic heterocycles. The summed E-state index contributed by atoms with van der Waals surface area (Å²) < 4.78 is 11.2. The van der Waals surface area contributed by atoms with Crippen LogP contribution in [-0.2, 0) is 9.36 Å². The Balaban J connectivity index is 2.35. The van der Waals surface area contributed by atoms with Gasteiger partial charge in [0.25, 0.3) is 0 Å². The molecule has 124 valence electrons. The standard InChI is InChI=1S/C15H18NO6P/c1-9(10-5-7-11(17)8-6-10)15(19)14-12(16-23(20,21)22)3-2-4-13(14)18/h2,4-9,15,17,19H,3H2,1H3,(H3,16,20,21,22). The van der Waals surface area contributed by atoms with Gasteiger partial charge in [-0.05, 0) is 23.8 Å². The Kier molecular flexibility index (Phi) is 5.06. The van der Waals surface area contributed by atoms with Crippen molar-refractivity contribution in [2.75, 3.05) is 0 Å². The summed E-state index contributed by atoms with van der Waals surface area (Å²) in [5.74, 6) is -0.921. The molecule has 0 saturated heterocycles. The molecule has 8 heteroatoms. The molecular weight excluding hydrogens is 321 g/mol. The minimum atomic E-state index is -4.58. The van der Waals surface area contributed by atoms with Crippen LogP contribution in [-0.4, -0.2) is 31.9 Å². The number of aliphatic hydroxyl groups excluding tert-OH is 1. The van der Waals surface area contributed by atoms with Gasteiger partial charge in [-0.15, -0.1) is 0 Å². The molecule has 7 nitrogen and oxygen atoms in total. The lowest BCUT2D eigenvalue weighted by Gasteiger charge is -2.26. The zero-order chi connectivity index (χ0) is 17.2. The predicted octanol–water partition coefficient (Wildman–Crippen LogP) is 1.32. The Morgan fingerprint density at radius 3 is 2.39 bits per heavy atom. The topological polar surface area (TPSA) is 127 Å². The molecule has 2 unspecified atom stereocenters. The molecule has 1 aromatic carbocycles. The third-order valence-corrected chi connectivity index (χ3v) is 4.21. The maximum atomic E-state index is 12.1. The molecule has 0 spiro atoms. The fourth-order valence-electron chi connectivity index (χ4n) is 2.45. The second-order valence-corrected chi connectivity index (χ2v) is 6.66. The number of hydrogen-bond donors (Lipinski definition) is 5. The molecule has 0 heterocycles. The number of nitrogens with one attached hydrogen (secondary N) is 1. The van der Waals surface area contributed by atoms with Crippen LogP contribution in [0.4, 0.5) is 0 Å². The van der Waals surface area contributed by atoms with E-state index in [2.05, 4.69) is 0 Å². The van der Waals surface area contributed by atoms with Crippen molar-refractivity contribution in [1.29, 1.82) is 0 Å². The van der Waals surface area contributed by atoms with Gasteiger partial charge in [0.15, 0.2) is 5.78 Å². The van der Waals surface area contributed by atoms with Gasteiger partial charge >= 0.3 is 7.75 Å². The summed E-state index contributed by atoms with van der Waals surface area (Å²) in [6.45, 7) is 1.69. The molecule has 0 radical (unpaired) electrons. The van der Waals surface area contributed by atoms with E-state index in [1.165, 1.54) is 24.3 Å². The zero-order valence-electron chi connectivity index (χ0n) is 12.4. The number of hydrogen-bond acceptors (Lipinski definition) is 4. The molecule has 23 heavy (non-hydrogen) atoms. The lowest BCUT2D eigenvalue weighted by molar-refractivity contribution is -0.112. The number of phenolic OH excluding ortho intramolecular Hbond substituents is 1. The van der Waals surface area contributed by atoms with E-state index in [-0.39, 0.29) is 23.4 Å². The first-order valence-electron chi connectivity index (χ1n) is 6.94. The summed E-state index contributed by atoms with van der Waals surface area (Å²) in [6, 6.07) is 6.15. The first-order chi connectivity index (χ1) is 10.7. The lowest BCUT2D eigenvalue weighted by atomic mass is 9.86. The highest BCUT2D eigenvalue weighted by Crippen LogP contribution is 2.35. The van der Waals surface area contributed by atoms with E-state index in [1.807, 2.05) is 5.09 Å². The number of carbonyl (C=O) groups excluding carboxylic acids is 1. The van der Waals surface area contributed by atoms with Crippen LogP contribution in [0.15, 0.2) is 47.7 Å². The highest BCUT2D eigenvalue weighted by atomic mass is 31.2.